The van der Waals surface area contributed by atoms with Gasteiger partial charge in [0.25, 0.3) is 0 Å². The fourth-order valence-corrected chi connectivity index (χ4v) is 3.66. The number of β-amino-alcohol motifs (C(OH)–C–C–N with tert-alkyl or cyclic N) is 1. The first-order valence-corrected chi connectivity index (χ1v) is 7.66. The minimum absolute atomic E-state index is 0.0892. The van der Waals surface area contributed by atoms with E-state index in [2.05, 4.69) is 0 Å². The van der Waals surface area contributed by atoms with Gasteiger partial charge in [0.1, 0.15) is 10.6 Å². The lowest BCUT2D eigenvalue weighted by atomic mass is 10.1. The topological polar surface area (TPSA) is 92.9 Å². The van der Waals surface area contributed by atoms with Crippen molar-refractivity contribution in [1.29, 1.82) is 0 Å². The summed E-state index contributed by atoms with van der Waals surface area (Å²) >= 11 is 1.20. The third-order valence-corrected chi connectivity index (χ3v) is 4.80. The molecule has 0 bridgehead atoms. The molecule has 0 radical (unpaired) electrons. The van der Waals surface area contributed by atoms with Crippen LogP contribution >= 0.6 is 11.3 Å². The van der Waals surface area contributed by atoms with Gasteiger partial charge in [-0.3, -0.25) is 4.79 Å². The number of carbonyl (C=O) groups is 2. The van der Waals surface area contributed by atoms with Crippen LogP contribution in [0.1, 0.15) is 40.3 Å². The van der Waals surface area contributed by atoms with Crippen LogP contribution in [0.2, 0.25) is 0 Å². The van der Waals surface area contributed by atoms with E-state index in [0.717, 1.165) is 0 Å². The Hall–Kier alpha value is -1.60. The predicted molar refractivity (Wildman–Crippen MR) is 82.1 cm³/mol. The van der Waals surface area contributed by atoms with Gasteiger partial charge in [-0.15, -0.1) is 11.3 Å². The highest BCUT2D eigenvalue weighted by Crippen LogP contribution is 2.41. The predicted octanol–water partition coefficient (Wildman–Crippen LogP) is 1.53. The Morgan fingerprint density at radius 2 is 2.14 bits per heavy atom. The second kappa shape index (κ2) is 6.03. The Morgan fingerprint density at radius 3 is 2.62 bits per heavy atom. The van der Waals surface area contributed by atoms with Crippen LogP contribution in [-0.4, -0.2) is 43.2 Å². The molecule has 1 unspecified atom stereocenters. The lowest BCUT2D eigenvalue weighted by Crippen LogP contribution is -2.22. The SMILES string of the molecule is COC(=O)c1c(N2CCC(O)C2)sc(C(=O)C(C)C)c1N. The molecule has 0 spiro atoms. The van der Waals surface area contributed by atoms with Gasteiger partial charge >= 0.3 is 5.97 Å². The average Bonchev–Trinajstić information content (AvgIpc) is 3.00. The first-order chi connectivity index (χ1) is 9.86. The summed E-state index contributed by atoms with van der Waals surface area (Å²) in [7, 11) is 1.28. The van der Waals surface area contributed by atoms with Gasteiger partial charge in [-0.25, -0.2) is 4.79 Å². The number of anilines is 2. The van der Waals surface area contributed by atoms with Crippen LogP contribution in [-0.2, 0) is 4.74 Å². The van der Waals surface area contributed by atoms with Gasteiger partial charge in [-0.05, 0) is 6.42 Å². The average molecular weight is 312 g/mol. The maximum absolute atomic E-state index is 12.2. The molecule has 0 amide bonds. The molecule has 0 saturated carbocycles. The van der Waals surface area contributed by atoms with E-state index in [0.29, 0.717) is 29.4 Å². The van der Waals surface area contributed by atoms with Crippen molar-refractivity contribution in [3.63, 3.8) is 0 Å². The summed E-state index contributed by atoms with van der Waals surface area (Å²) in [5.41, 5.74) is 6.44. The number of methoxy groups -OCH3 is 1. The number of ether oxygens (including phenoxy) is 1. The molecule has 7 heteroatoms. The molecular weight excluding hydrogens is 292 g/mol. The van der Waals surface area contributed by atoms with E-state index in [1.54, 1.807) is 13.8 Å². The van der Waals surface area contributed by atoms with Crippen LogP contribution in [0, 0.1) is 5.92 Å². The van der Waals surface area contributed by atoms with Gasteiger partial charge in [0.2, 0.25) is 0 Å². The first-order valence-electron chi connectivity index (χ1n) is 6.84. The zero-order valence-corrected chi connectivity index (χ0v) is 13.2. The number of hydrogen-bond donors (Lipinski definition) is 2. The van der Waals surface area contributed by atoms with Crippen molar-refractivity contribution < 1.29 is 19.4 Å². The van der Waals surface area contributed by atoms with Crippen LogP contribution in [0.15, 0.2) is 0 Å². The van der Waals surface area contributed by atoms with Gasteiger partial charge in [0.15, 0.2) is 5.78 Å². The fraction of sp³-hybridized carbons (Fsp3) is 0.571. The summed E-state index contributed by atoms with van der Waals surface area (Å²) in [6.45, 7) is 4.64. The molecule has 0 aromatic carbocycles. The van der Waals surface area contributed by atoms with Crippen molar-refractivity contribution in [2.24, 2.45) is 5.92 Å². The van der Waals surface area contributed by atoms with E-state index in [1.165, 1.54) is 18.4 Å². The maximum atomic E-state index is 12.2. The highest BCUT2D eigenvalue weighted by atomic mass is 32.1. The van der Waals surface area contributed by atoms with E-state index in [4.69, 9.17) is 10.5 Å². The highest BCUT2D eigenvalue weighted by molar-refractivity contribution is 7.19. The molecule has 1 aliphatic rings. The van der Waals surface area contributed by atoms with Crippen LogP contribution < -0.4 is 10.6 Å². The largest absolute Gasteiger partial charge is 0.465 e. The van der Waals surface area contributed by atoms with Gasteiger partial charge < -0.3 is 20.5 Å². The Balaban J connectivity index is 2.50. The quantitative estimate of drug-likeness (QED) is 0.647. The molecule has 3 N–H and O–H groups in total. The standard InChI is InChI=1S/C14H20N2O4S/c1-7(2)11(18)12-10(15)9(14(19)20-3)13(21-12)16-5-4-8(17)6-16/h7-8,17H,4-6,15H2,1-3H3. The number of Topliss-reactive ketones (excluding diaryl/α,β-unsaturated/α-hetero) is 1. The lowest BCUT2D eigenvalue weighted by Gasteiger charge is -2.16. The third kappa shape index (κ3) is 2.89. The molecule has 1 saturated heterocycles. The molecule has 1 aromatic rings. The van der Waals surface area contributed by atoms with E-state index in [-0.39, 0.29) is 23.0 Å². The molecule has 1 fully saturated rings. The van der Waals surface area contributed by atoms with Crippen molar-refractivity contribution in [1.82, 2.24) is 0 Å². The minimum Gasteiger partial charge on any atom is -0.465 e. The van der Waals surface area contributed by atoms with E-state index in [9.17, 15) is 14.7 Å². The van der Waals surface area contributed by atoms with E-state index < -0.39 is 12.1 Å². The number of aliphatic hydroxyl groups excluding tert-OH is 1. The van der Waals surface area contributed by atoms with Crippen LogP contribution in [0.5, 0.6) is 0 Å². The van der Waals surface area contributed by atoms with Crippen molar-refractivity contribution >= 4 is 33.8 Å². The second-order valence-electron chi connectivity index (χ2n) is 5.42. The number of thiophene rings is 1. The highest BCUT2D eigenvalue weighted by Gasteiger charge is 2.32. The van der Waals surface area contributed by atoms with Crippen LogP contribution in [0.3, 0.4) is 0 Å². The monoisotopic (exact) mass is 312 g/mol. The number of aliphatic hydroxyl groups is 1. The van der Waals surface area contributed by atoms with Gasteiger partial charge in [0, 0.05) is 19.0 Å². The van der Waals surface area contributed by atoms with Gasteiger partial charge in [-0.2, -0.15) is 0 Å². The molecule has 1 aromatic heterocycles. The molecule has 21 heavy (non-hydrogen) atoms. The molecular formula is C14H20N2O4S. The number of nitrogens with two attached hydrogens (primary N) is 1. The van der Waals surface area contributed by atoms with Crippen molar-refractivity contribution in [3.05, 3.63) is 10.4 Å². The van der Waals surface area contributed by atoms with Crippen molar-refractivity contribution in [2.75, 3.05) is 30.8 Å². The summed E-state index contributed by atoms with van der Waals surface area (Å²) < 4.78 is 4.78. The minimum atomic E-state index is -0.553. The van der Waals surface area contributed by atoms with Crippen LogP contribution in [0.25, 0.3) is 0 Å². The Labute approximate surface area is 127 Å². The van der Waals surface area contributed by atoms with Crippen molar-refractivity contribution in [3.8, 4) is 0 Å². The number of carbonyl (C=O) groups excluding carboxylic acids is 2. The number of nitrogens with zero attached hydrogens (tertiary/aromatic N) is 1. The normalized spacial score (nSPS) is 18.3. The molecule has 2 rings (SSSR count). The van der Waals surface area contributed by atoms with Crippen LogP contribution in [0.4, 0.5) is 10.7 Å². The van der Waals surface area contributed by atoms with Gasteiger partial charge in [-0.1, -0.05) is 13.8 Å². The van der Waals surface area contributed by atoms with Gasteiger partial charge in [0.05, 0.1) is 23.8 Å². The van der Waals surface area contributed by atoms with E-state index >= 15 is 0 Å². The number of esters is 1. The molecule has 0 aliphatic carbocycles. The lowest BCUT2D eigenvalue weighted by molar-refractivity contribution is 0.0603. The summed E-state index contributed by atoms with van der Waals surface area (Å²) in [4.78, 5) is 26.5. The molecule has 116 valence electrons. The second-order valence-corrected chi connectivity index (χ2v) is 6.42. The summed E-state index contributed by atoms with van der Waals surface area (Å²) in [5.74, 6) is -0.843. The van der Waals surface area contributed by atoms with Crippen molar-refractivity contribution in [2.45, 2.75) is 26.4 Å². The fourth-order valence-electron chi connectivity index (χ4n) is 2.32. The summed E-state index contributed by atoms with van der Waals surface area (Å²) in [6, 6.07) is 0. The molecule has 6 nitrogen and oxygen atoms in total. The van der Waals surface area contributed by atoms with E-state index in [1.807, 2.05) is 4.90 Å². The molecule has 1 atom stereocenters. The number of rotatable bonds is 4. The zero-order valence-electron chi connectivity index (χ0n) is 12.4. The third-order valence-electron chi connectivity index (χ3n) is 3.51. The number of ketones is 1. The Morgan fingerprint density at radius 1 is 1.48 bits per heavy atom. The number of hydrogen-bond acceptors (Lipinski definition) is 7. The summed E-state index contributed by atoms with van der Waals surface area (Å²) in [5, 5.41) is 10.3. The Kier molecular flexibility index (Phi) is 4.53. The first kappa shape index (κ1) is 15.8. The Bertz CT molecular complexity index is 568. The smallest absolute Gasteiger partial charge is 0.343 e. The molecule has 1 aliphatic heterocycles. The summed E-state index contributed by atoms with van der Waals surface area (Å²) in [6.07, 6.45) is 0.203. The zero-order chi connectivity index (χ0) is 15.7. The number of nitrogen functional groups attached to an aromatic ring is 1. The maximum Gasteiger partial charge on any atom is 0.343 e. The molecule has 2 heterocycles.